The van der Waals surface area contributed by atoms with E-state index in [0.29, 0.717) is 28.8 Å². The Balaban J connectivity index is 1.43. The summed E-state index contributed by atoms with van der Waals surface area (Å²) in [6, 6.07) is 5.24. The van der Waals surface area contributed by atoms with Gasteiger partial charge in [0.2, 0.25) is 5.91 Å². The van der Waals surface area contributed by atoms with Gasteiger partial charge in [-0.25, -0.2) is 4.98 Å². The molecule has 2 heterocycles. The molecule has 1 amide bonds. The van der Waals surface area contributed by atoms with E-state index in [-0.39, 0.29) is 17.9 Å². The number of nitrogens with one attached hydrogen (secondary N) is 1. The molecule has 0 aliphatic heterocycles. The van der Waals surface area contributed by atoms with Gasteiger partial charge in [0.05, 0.1) is 5.39 Å². The molecule has 0 saturated heterocycles. The smallest absolute Gasteiger partial charge is 0.259 e. The number of rotatable bonds is 5. The Morgan fingerprint density at radius 2 is 2.14 bits per heavy atom. The predicted octanol–water partition coefficient (Wildman–Crippen LogP) is 4.37. The number of nitrogens with zero attached hydrogens (tertiary/aromatic N) is 2. The van der Waals surface area contributed by atoms with Crippen LogP contribution in [0.25, 0.3) is 10.2 Å². The molecule has 8 heteroatoms. The van der Waals surface area contributed by atoms with Crippen LogP contribution in [0.4, 0.5) is 0 Å². The molecule has 0 spiro atoms. The SMILES string of the molecule is CN(Cc1ccc(Cl)cc1Cl)C(=O)CCc1nc2sc3c(c2c(=O)[nH]1)CCC3. The molecule has 5 nitrogen and oxygen atoms in total. The maximum absolute atomic E-state index is 12.5. The summed E-state index contributed by atoms with van der Waals surface area (Å²) in [6.07, 6.45) is 3.75. The lowest BCUT2D eigenvalue weighted by molar-refractivity contribution is -0.130. The van der Waals surface area contributed by atoms with Crippen molar-refractivity contribution in [2.75, 3.05) is 7.05 Å². The van der Waals surface area contributed by atoms with Gasteiger partial charge in [0.15, 0.2) is 0 Å². The number of amides is 1. The maximum atomic E-state index is 12.5. The number of H-pyrrole nitrogens is 1. The molecule has 0 atom stereocenters. The number of hydrogen-bond donors (Lipinski definition) is 1. The maximum Gasteiger partial charge on any atom is 0.259 e. The molecule has 0 fully saturated rings. The van der Waals surface area contributed by atoms with Gasteiger partial charge in [0, 0.05) is 41.4 Å². The summed E-state index contributed by atoms with van der Waals surface area (Å²) in [7, 11) is 1.73. The molecule has 0 saturated carbocycles. The minimum absolute atomic E-state index is 0.0394. The Morgan fingerprint density at radius 1 is 1.32 bits per heavy atom. The van der Waals surface area contributed by atoms with Gasteiger partial charge in [-0.1, -0.05) is 29.3 Å². The fourth-order valence-corrected chi connectivity index (χ4v) is 5.32. The van der Waals surface area contributed by atoms with Gasteiger partial charge in [0.1, 0.15) is 10.7 Å². The molecule has 1 N–H and O–H groups in total. The van der Waals surface area contributed by atoms with Crippen LogP contribution in [0.1, 0.15) is 34.7 Å². The molecular formula is C20H19Cl2N3O2S. The van der Waals surface area contributed by atoms with Crippen molar-refractivity contribution in [3.8, 4) is 0 Å². The van der Waals surface area contributed by atoms with E-state index in [1.807, 2.05) is 6.07 Å². The van der Waals surface area contributed by atoms with Crippen LogP contribution in [-0.2, 0) is 30.6 Å². The molecule has 1 aromatic carbocycles. The normalized spacial score (nSPS) is 13.1. The molecule has 2 aromatic heterocycles. The second-order valence-electron chi connectivity index (χ2n) is 7.04. The Labute approximate surface area is 176 Å². The third kappa shape index (κ3) is 3.81. The van der Waals surface area contributed by atoms with Gasteiger partial charge in [-0.15, -0.1) is 11.3 Å². The van der Waals surface area contributed by atoms with Crippen molar-refractivity contribution < 1.29 is 4.79 Å². The van der Waals surface area contributed by atoms with E-state index in [1.54, 1.807) is 35.4 Å². The number of thiophene rings is 1. The highest BCUT2D eigenvalue weighted by Crippen LogP contribution is 2.34. The van der Waals surface area contributed by atoms with Crippen LogP contribution in [0.3, 0.4) is 0 Å². The molecule has 1 aliphatic rings. The first-order valence-electron chi connectivity index (χ1n) is 9.13. The second kappa shape index (κ2) is 7.85. The summed E-state index contributed by atoms with van der Waals surface area (Å²) in [5, 5.41) is 1.84. The van der Waals surface area contributed by atoms with E-state index in [0.717, 1.165) is 40.6 Å². The first-order chi connectivity index (χ1) is 13.4. The standard InChI is InChI=1S/C20H19Cl2N3O2S/c1-25(10-11-5-6-12(21)9-14(11)22)17(26)8-7-16-23-19(27)18-13-3-2-4-15(13)28-20(18)24-16/h5-6,9H,2-4,7-8,10H2,1H3,(H,23,24,27). The lowest BCUT2D eigenvalue weighted by Crippen LogP contribution is -2.27. The molecule has 28 heavy (non-hydrogen) atoms. The summed E-state index contributed by atoms with van der Waals surface area (Å²) in [5.74, 6) is 0.520. The van der Waals surface area contributed by atoms with Gasteiger partial charge >= 0.3 is 0 Å². The molecule has 0 bridgehead atoms. The molecule has 1 aliphatic carbocycles. The Bertz CT molecular complexity index is 1120. The first kappa shape index (κ1) is 19.4. The van der Waals surface area contributed by atoms with Crippen LogP contribution >= 0.6 is 34.5 Å². The quantitative estimate of drug-likeness (QED) is 0.646. The van der Waals surface area contributed by atoms with Crippen molar-refractivity contribution in [3.05, 3.63) is 60.4 Å². The van der Waals surface area contributed by atoms with Crippen molar-refractivity contribution in [2.45, 2.75) is 38.6 Å². The van der Waals surface area contributed by atoms with Crippen LogP contribution in [0, 0.1) is 0 Å². The van der Waals surface area contributed by atoms with Gasteiger partial charge < -0.3 is 9.88 Å². The molecule has 3 aromatic rings. The molecule has 4 rings (SSSR count). The highest BCUT2D eigenvalue weighted by Gasteiger charge is 2.21. The monoisotopic (exact) mass is 435 g/mol. The van der Waals surface area contributed by atoms with Gasteiger partial charge in [0.25, 0.3) is 5.56 Å². The largest absolute Gasteiger partial charge is 0.341 e. The summed E-state index contributed by atoms with van der Waals surface area (Å²) < 4.78 is 0. The number of halogens is 2. The van der Waals surface area contributed by atoms with E-state index in [9.17, 15) is 9.59 Å². The molecule has 146 valence electrons. The van der Waals surface area contributed by atoms with Crippen LogP contribution in [0.15, 0.2) is 23.0 Å². The zero-order valence-electron chi connectivity index (χ0n) is 15.3. The van der Waals surface area contributed by atoms with Crippen molar-refractivity contribution >= 4 is 50.7 Å². The van der Waals surface area contributed by atoms with Gasteiger partial charge in [-0.3, -0.25) is 9.59 Å². The molecule has 0 radical (unpaired) electrons. The number of benzene rings is 1. The summed E-state index contributed by atoms with van der Waals surface area (Å²) in [6.45, 7) is 0.398. The minimum atomic E-state index is -0.0897. The van der Waals surface area contributed by atoms with E-state index in [2.05, 4.69) is 9.97 Å². The van der Waals surface area contributed by atoms with E-state index >= 15 is 0 Å². The molecular weight excluding hydrogens is 417 g/mol. The zero-order valence-corrected chi connectivity index (χ0v) is 17.7. The number of hydrogen-bond acceptors (Lipinski definition) is 4. The predicted molar refractivity (Wildman–Crippen MR) is 114 cm³/mol. The van der Waals surface area contributed by atoms with Crippen LogP contribution in [0.5, 0.6) is 0 Å². The average Bonchev–Trinajstić information content (AvgIpc) is 3.22. The summed E-state index contributed by atoms with van der Waals surface area (Å²) in [4.78, 5) is 36.1. The number of aromatic nitrogens is 2. The number of aryl methyl sites for hydroxylation is 3. The van der Waals surface area contributed by atoms with Crippen molar-refractivity contribution in [1.29, 1.82) is 0 Å². The Morgan fingerprint density at radius 3 is 2.93 bits per heavy atom. The lowest BCUT2D eigenvalue weighted by Gasteiger charge is -2.18. The van der Waals surface area contributed by atoms with Gasteiger partial charge in [-0.05, 0) is 42.5 Å². The number of carbonyl (C=O) groups is 1. The van der Waals surface area contributed by atoms with Crippen LogP contribution in [0.2, 0.25) is 10.0 Å². The first-order valence-corrected chi connectivity index (χ1v) is 10.7. The van der Waals surface area contributed by atoms with Crippen molar-refractivity contribution in [1.82, 2.24) is 14.9 Å². The fraction of sp³-hybridized carbons (Fsp3) is 0.350. The Hall–Kier alpha value is -1.89. The van der Waals surface area contributed by atoms with E-state index in [4.69, 9.17) is 23.2 Å². The summed E-state index contributed by atoms with van der Waals surface area (Å²) in [5.41, 5.74) is 1.91. The van der Waals surface area contributed by atoms with Crippen molar-refractivity contribution in [3.63, 3.8) is 0 Å². The van der Waals surface area contributed by atoms with Crippen LogP contribution < -0.4 is 5.56 Å². The molecule has 0 unspecified atom stereocenters. The average molecular weight is 436 g/mol. The third-order valence-electron chi connectivity index (χ3n) is 5.05. The Kier molecular flexibility index (Phi) is 5.45. The van der Waals surface area contributed by atoms with E-state index < -0.39 is 0 Å². The summed E-state index contributed by atoms with van der Waals surface area (Å²) >= 11 is 13.7. The van der Waals surface area contributed by atoms with Crippen molar-refractivity contribution in [2.24, 2.45) is 0 Å². The third-order valence-corrected chi connectivity index (χ3v) is 6.82. The minimum Gasteiger partial charge on any atom is -0.341 e. The fourth-order valence-electron chi connectivity index (χ4n) is 3.58. The van der Waals surface area contributed by atoms with Gasteiger partial charge in [-0.2, -0.15) is 0 Å². The van der Waals surface area contributed by atoms with Crippen LogP contribution in [-0.4, -0.2) is 27.8 Å². The topological polar surface area (TPSA) is 66.1 Å². The highest BCUT2D eigenvalue weighted by molar-refractivity contribution is 7.18. The number of fused-ring (bicyclic) bond motifs is 3. The second-order valence-corrected chi connectivity index (χ2v) is 8.96. The number of carbonyl (C=O) groups excluding carboxylic acids is 1. The number of aromatic amines is 1. The van der Waals surface area contributed by atoms with E-state index in [1.165, 1.54) is 4.88 Å². The zero-order chi connectivity index (χ0) is 19.8. The lowest BCUT2D eigenvalue weighted by atomic mass is 10.2. The highest BCUT2D eigenvalue weighted by atomic mass is 35.5.